The van der Waals surface area contributed by atoms with Gasteiger partial charge in [-0.1, -0.05) is 231 Å². The molecule has 0 aromatic heterocycles. The second-order valence-electron chi connectivity index (χ2n) is 21.2. The van der Waals surface area contributed by atoms with E-state index in [9.17, 15) is 5.11 Å². The molecule has 4 saturated carbocycles. The van der Waals surface area contributed by atoms with E-state index < -0.39 is 11.4 Å². The molecule has 5 heteroatoms. The SMILES string of the molecule is CCOCCOC(=O)C(=C(C(=O)O)C(C1CCCCCCCCCCC1)(C1CCCCCCCCCCC1)C1CCCCCCCCCCC1)C1CCCCCCCCCCC1. The van der Waals surface area contributed by atoms with Crippen LogP contribution in [0.25, 0.3) is 0 Å². The van der Waals surface area contributed by atoms with Crippen LogP contribution in [0, 0.1) is 29.1 Å². The number of aliphatic carboxylic acids is 1. The van der Waals surface area contributed by atoms with Crippen LogP contribution in [0.1, 0.15) is 289 Å². The van der Waals surface area contributed by atoms with Gasteiger partial charge >= 0.3 is 11.9 Å². The van der Waals surface area contributed by atoms with Crippen LogP contribution in [0.5, 0.6) is 0 Å². The highest BCUT2D eigenvalue weighted by molar-refractivity contribution is 6.01. The molecule has 62 heavy (non-hydrogen) atoms. The maximum Gasteiger partial charge on any atom is 0.334 e. The lowest BCUT2D eigenvalue weighted by Crippen LogP contribution is -2.50. The van der Waals surface area contributed by atoms with Gasteiger partial charge in [0.1, 0.15) is 6.61 Å². The summed E-state index contributed by atoms with van der Waals surface area (Å²) in [4.78, 5) is 30.7. The maximum absolute atomic E-state index is 15.4. The van der Waals surface area contributed by atoms with Gasteiger partial charge in [-0.25, -0.2) is 9.59 Å². The number of carbonyl (C=O) groups excluding carboxylic acids is 1. The zero-order valence-corrected chi connectivity index (χ0v) is 41.1. The van der Waals surface area contributed by atoms with Gasteiger partial charge in [-0.05, 0) is 82.0 Å². The van der Waals surface area contributed by atoms with Crippen molar-refractivity contribution in [3.05, 3.63) is 11.1 Å². The van der Waals surface area contributed by atoms with E-state index in [2.05, 4.69) is 0 Å². The molecule has 0 spiro atoms. The zero-order valence-electron chi connectivity index (χ0n) is 41.1. The second kappa shape index (κ2) is 34.0. The van der Waals surface area contributed by atoms with E-state index in [1.807, 2.05) is 6.92 Å². The van der Waals surface area contributed by atoms with Crippen molar-refractivity contribution in [2.75, 3.05) is 19.8 Å². The Labute approximate surface area is 384 Å². The highest BCUT2D eigenvalue weighted by Crippen LogP contribution is 2.60. The average molecular weight is 867 g/mol. The Kier molecular flexibility index (Phi) is 29.2. The van der Waals surface area contributed by atoms with E-state index in [-0.39, 0.29) is 36.2 Å². The van der Waals surface area contributed by atoms with Gasteiger partial charge in [-0.15, -0.1) is 0 Å². The molecule has 4 aliphatic rings. The summed E-state index contributed by atoms with van der Waals surface area (Å²) in [6, 6.07) is 0. The van der Waals surface area contributed by atoms with Crippen molar-refractivity contribution in [3.63, 3.8) is 0 Å². The Morgan fingerprint density at radius 2 is 0.661 bits per heavy atom. The molecule has 0 atom stereocenters. The molecule has 1 N–H and O–H groups in total. The minimum atomic E-state index is -0.767. The number of carbonyl (C=O) groups is 2. The fraction of sp³-hybridized carbons (Fsp3) is 0.930. The molecular formula is C57H102O5. The predicted octanol–water partition coefficient (Wildman–Crippen LogP) is 17.6. The lowest BCUT2D eigenvalue weighted by molar-refractivity contribution is -0.144. The second-order valence-corrected chi connectivity index (χ2v) is 21.2. The lowest BCUT2D eigenvalue weighted by Gasteiger charge is -2.54. The smallest absolute Gasteiger partial charge is 0.334 e. The van der Waals surface area contributed by atoms with Crippen LogP contribution >= 0.6 is 0 Å². The molecule has 0 radical (unpaired) electrons. The molecule has 0 aromatic rings. The van der Waals surface area contributed by atoms with E-state index in [1.54, 1.807) is 0 Å². The Morgan fingerprint density at radius 3 is 0.919 bits per heavy atom. The molecule has 0 unspecified atom stereocenters. The molecule has 0 aromatic carbocycles. The fourth-order valence-electron chi connectivity index (χ4n) is 13.4. The van der Waals surface area contributed by atoms with Crippen molar-refractivity contribution >= 4 is 11.9 Å². The molecule has 4 rings (SSSR count). The Balaban J connectivity index is 2.07. The lowest BCUT2D eigenvalue weighted by atomic mass is 9.49. The predicted molar refractivity (Wildman–Crippen MR) is 262 cm³/mol. The van der Waals surface area contributed by atoms with Crippen LogP contribution < -0.4 is 0 Å². The number of carboxylic acids is 1. The molecule has 4 aliphatic carbocycles. The number of carboxylic acid groups (broad SMARTS) is 1. The van der Waals surface area contributed by atoms with Gasteiger partial charge in [-0.2, -0.15) is 0 Å². The van der Waals surface area contributed by atoms with Gasteiger partial charge in [0.2, 0.25) is 0 Å². The van der Waals surface area contributed by atoms with Crippen LogP contribution in [0.4, 0.5) is 0 Å². The first-order valence-corrected chi connectivity index (χ1v) is 28.3. The molecule has 0 bridgehead atoms. The minimum absolute atomic E-state index is 0.0665. The largest absolute Gasteiger partial charge is 0.478 e. The number of hydrogen-bond acceptors (Lipinski definition) is 4. The van der Waals surface area contributed by atoms with Crippen molar-refractivity contribution in [2.45, 2.75) is 289 Å². The zero-order chi connectivity index (χ0) is 43.8. The van der Waals surface area contributed by atoms with Crippen molar-refractivity contribution in [2.24, 2.45) is 29.1 Å². The quantitative estimate of drug-likeness (QED) is 0.127. The summed E-state index contributed by atoms with van der Waals surface area (Å²) < 4.78 is 12.1. The van der Waals surface area contributed by atoms with Gasteiger partial charge in [0, 0.05) is 12.0 Å². The first-order valence-electron chi connectivity index (χ1n) is 28.3. The van der Waals surface area contributed by atoms with Crippen molar-refractivity contribution in [1.82, 2.24) is 0 Å². The first-order chi connectivity index (χ1) is 30.6. The molecule has 360 valence electrons. The average Bonchev–Trinajstić information content (AvgIpc) is 3.24. The monoisotopic (exact) mass is 867 g/mol. The summed E-state index contributed by atoms with van der Waals surface area (Å²) in [5.74, 6) is -0.304. The van der Waals surface area contributed by atoms with E-state index in [0.717, 1.165) is 64.2 Å². The van der Waals surface area contributed by atoms with E-state index in [4.69, 9.17) is 9.47 Å². The summed E-state index contributed by atoms with van der Waals surface area (Å²) in [7, 11) is 0. The van der Waals surface area contributed by atoms with Crippen LogP contribution in [-0.2, 0) is 19.1 Å². The summed E-state index contributed by atoms with van der Waals surface area (Å²) in [5.41, 5.74) is 0.694. The topological polar surface area (TPSA) is 72.8 Å². The van der Waals surface area contributed by atoms with Gasteiger partial charge < -0.3 is 14.6 Å². The molecule has 0 aliphatic heterocycles. The van der Waals surface area contributed by atoms with Crippen LogP contribution in [0.2, 0.25) is 0 Å². The summed E-state index contributed by atoms with van der Waals surface area (Å²) >= 11 is 0. The van der Waals surface area contributed by atoms with Gasteiger partial charge in [0.15, 0.2) is 0 Å². The maximum atomic E-state index is 15.4. The number of rotatable bonds is 11. The molecule has 4 fully saturated rings. The third kappa shape index (κ3) is 19.2. The summed E-state index contributed by atoms with van der Waals surface area (Å²) in [6.45, 7) is 3.13. The van der Waals surface area contributed by atoms with Crippen molar-refractivity contribution in [1.29, 1.82) is 0 Å². The Morgan fingerprint density at radius 1 is 0.403 bits per heavy atom. The van der Waals surface area contributed by atoms with E-state index >= 15 is 9.59 Å². The normalized spacial score (nSPS) is 24.1. The Hall–Kier alpha value is -1.36. The number of hydrogen-bond donors (Lipinski definition) is 1. The highest BCUT2D eigenvalue weighted by atomic mass is 16.6. The standard InChI is InChI=1S/C57H102O5/c1-2-61-47-48-62-56(60)53(49-39-31-23-15-7-3-8-16-24-32-40-49)54(55(58)59)57(50-41-33-25-17-9-4-10-18-26-34-42-50,51-43-35-27-19-11-5-12-20-28-36-44-51)52-45-37-29-21-13-6-14-22-30-38-46-52/h49-52H,2-48H2,1H3,(H,58,59). The third-order valence-electron chi connectivity index (χ3n) is 16.7. The van der Waals surface area contributed by atoms with E-state index in [1.165, 1.54) is 218 Å². The molecular weight excluding hydrogens is 765 g/mol. The minimum Gasteiger partial charge on any atom is -0.478 e. The molecule has 5 nitrogen and oxygen atoms in total. The molecule has 0 amide bonds. The highest BCUT2D eigenvalue weighted by Gasteiger charge is 2.56. The Bertz CT molecular complexity index is 1050. The summed E-state index contributed by atoms with van der Waals surface area (Å²) in [6.07, 6.45) is 53.9. The third-order valence-corrected chi connectivity index (χ3v) is 16.7. The molecule has 0 saturated heterocycles. The fourth-order valence-corrected chi connectivity index (χ4v) is 13.4. The van der Waals surface area contributed by atoms with E-state index in [0.29, 0.717) is 24.4 Å². The van der Waals surface area contributed by atoms with Gasteiger partial charge in [0.25, 0.3) is 0 Å². The van der Waals surface area contributed by atoms with Gasteiger partial charge in [-0.3, -0.25) is 0 Å². The summed E-state index contributed by atoms with van der Waals surface area (Å²) in [5, 5.41) is 12.5. The number of ether oxygens (including phenoxy) is 2. The van der Waals surface area contributed by atoms with Crippen molar-refractivity contribution < 1.29 is 24.2 Å². The van der Waals surface area contributed by atoms with Crippen LogP contribution in [0.15, 0.2) is 11.1 Å². The van der Waals surface area contributed by atoms with Gasteiger partial charge in [0.05, 0.1) is 17.8 Å². The van der Waals surface area contributed by atoms with Crippen LogP contribution in [-0.4, -0.2) is 36.9 Å². The number of esters is 1. The molecule has 0 heterocycles. The first kappa shape index (κ1) is 53.3. The van der Waals surface area contributed by atoms with Crippen molar-refractivity contribution in [3.8, 4) is 0 Å². The van der Waals surface area contributed by atoms with Crippen LogP contribution in [0.3, 0.4) is 0 Å².